The van der Waals surface area contributed by atoms with Crippen LogP contribution in [0.2, 0.25) is 0 Å². The molecule has 114 valence electrons. The first-order chi connectivity index (χ1) is 10.8. The molecule has 22 heavy (non-hydrogen) atoms. The lowest BCUT2D eigenvalue weighted by atomic mass is 9.89. The van der Waals surface area contributed by atoms with Crippen molar-refractivity contribution >= 4 is 5.91 Å². The van der Waals surface area contributed by atoms with Crippen LogP contribution in [0.25, 0.3) is 0 Å². The number of likely N-dealkylation sites (tertiary alicyclic amines) is 1. The van der Waals surface area contributed by atoms with Crippen LogP contribution in [0.4, 0.5) is 0 Å². The zero-order valence-corrected chi connectivity index (χ0v) is 13.1. The van der Waals surface area contributed by atoms with Gasteiger partial charge >= 0.3 is 0 Å². The maximum absolute atomic E-state index is 13.1. The molecule has 2 aromatic rings. The van der Waals surface area contributed by atoms with Crippen molar-refractivity contribution in [2.24, 2.45) is 5.92 Å². The molecule has 0 aliphatic carbocycles. The third-order valence-corrected chi connectivity index (χ3v) is 4.61. The topological polar surface area (TPSA) is 20.3 Å². The minimum Gasteiger partial charge on any atom is -0.342 e. The van der Waals surface area contributed by atoms with E-state index in [9.17, 15) is 4.79 Å². The molecule has 2 nitrogen and oxygen atoms in total. The molecule has 0 aromatic heterocycles. The van der Waals surface area contributed by atoms with Crippen molar-refractivity contribution in [3.63, 3.8) is 0 Å². The van der Waals surface area contributed by atoms with Crippen LogP contribution >= 0.6 is 0 Å². The van der Waals surface area contributed by atoms with Crippen molar-refractivity contribution in [1.29, 1.82) is 0 Å². The van der Waals surface area contributed by atoms with Gasteiger partial charge in [0.25, 0.3) is 0 Å². The van der Waals surface area contributed by atoms with Crippen LogP contribution in [-0.4, -0.2) is 23.9 Å². The van der Waals surface area contributed by atoms with Crippen LogP contribution < -0.4 is 0 Å². The lowest BCUT2D eigenvalue weighted by molar-refractivity contribution is -0.133. The van der Waals surface area contributed by atoms with E-state index in [0.717, 1.165) is 43.0 Å². The number of piperidine rings is 1. The fraction of sp³-hybridized carbons (Fsp3) is 0.350. The SMILES string of the molecule is CC1CCN(C(=O)C(c2ccccc2)c2ccccc2)CC1. The molecule has 1 aliphatic rings. The van der Waals surface area contributed by atoms with Crippen molar-refractivity contribution in [1.82, 2.24) is 4.90 Å². The van der Waals surface area contributed by atoms with E-state index >= 15 is 0 Å². The lowest BCUT2D eigenvalue weighted by Gasteiger charge is -2.33. The number of hydrogen-bond donors (Lipinski definition) is 0. The van der Waals surface area contributed by atoms with E-state index in [1.807, 2.05) is 41.3 Å². The highest BCUT2D eigenvalue weighted by molar-refractivity contribution is 5.87. The molecule has 0 saturated carbocycles. The number of amides is 1. The van der Waals surface area contributed by atoms with Gasteiger partial charge in [0.1, 0.15) is 0 Å². The smallest absolute Gasteiger partial charge is 0.234 e. The first-order valence-corrected chi connectivity index (χ1v) is 8.14. The van der Waals surface area contributed by atoms with Crippen molar-refractivity contribution < 1.29 is 4.79 Å². The Hall–Kier alpha value is -2.09. The monoisotopic (exact) mass is 293 g/mol. The molecule has 1 heterocycles. The second-order valence-electron chi connectivity index (χ2n) is 6.26. The number of carbonyl (C=O) groups excluding carboxylic acids is 1. The Morgan fingerprint density at radius 3 is 1.82 bits per heavy atom. The van der Waals surface area contributed by atoms with E-state index in [1.54, 1.807) is 0 Å². The van der Waals surface area contributed by atoms with Gasteiger partial charge in [-0.1, -0.05) is 67.6 Å². The predicted octanol–water partition coefficient (Wildman–Crippen LogP) is 4.08. The highest BCUT2D eigenvalue weighted by Crippen LogP contribution is 2.28. The van der Waals surface area contributed by atoms with E-state index in [1.165, 1.54) is 0 Å². The number of nitrogens with zero attached hydrogens (tertiary/aromatic N) is 1. The first kappa shape index (κ1) is 14.8. The quantitative estimate of drug-likeness (QED) is 0.835. The zero-order chi connectivity index (χ0) is 15.4. The summed E-state index contributed by atoms with van der Waals surface area (Å²) in [6.45, 7) is 4.04. The van der Waals surface area contributed by atoms with Crippen LogP contribution in [0, 0.1) is 5.92 Å². The molecule has 0 atom stereocenters. The molecule has 0 unspecified atom stereocenters. The summed E-state index contributed by atoms with van der Waals surface area (Å²) in [6, 6.07) is 20.3. The molecule has 3 rings (SSSR count). The Labute approximate surface area is 132 Å². The second-order valence-corrected chi connectivity index (χ2v) is 6.26. The minimum atomic E-state index is -0.184. The molecule has 1 aliphatic heterocycles. The summed E-state index contributed by atoms with van der Waals surface area (Å²) < 4.78 is 0. The molecule has 0 N–H and O–H groups in total. The zero-order valence-electron chi connectivity index (χ0n) is 13.1. The summed E-state index contributed by atoms with van der Waals surface area (Å²) in [7, 11) is 0. The first-order valence-electron chi connectivity index (χ1n) is 8.14. The van der Waals surface area contributed by atoms with E-state index in [-0.39, 0.29) is 11.8 Å². The summed E-state index contributed by atoms with van der Waals surface area (Å²) in [5, 5.41) is 0. The van der Waals surface area contributed by atoms with E-state index in [2.05, 4.69) is 31.2 Å². The third-order valence-electron chi connectivity index (χ3n) is 4.61. The Bertz CT molecular complexity index is 561. The molecule has 1 fully saturated rings. The Kier molecular flexibility index (Phi) is 4.57. The van der Waals surface area contributed by atoms with E-state index in [0.29, 0.717) is 0 Å². The number of hydrogen-bond acceptors (Lipinski definition) is 1. The van der Waals surface area contributed by atoms with Crippen LogP contribution in [0.3, 0.4) is 0 Å². The normalized spacial score (nSPS) is 16.0. The molecule has 1 amide bonds. The maximum Gasteiger partial charge on any atom is 0.234 e. The predicted molar refractivity (Wildman–Crippen MR) is 89.7 cm³/mol. The van der Waals surface area contributed by atoms with Gasteiger partial charge in [-0.05, 0) is 29.9 Å². The second kappa shape index (κ2) is 6.78. The van der Waals surface area contributed by atoms with Crippen molar-refractivity contribution in [2.45, 2.75) is 25.7 Å². The Balaban J connectivity index is 1.90. The standard InChI is InChI=1S/C20H23NO/c1-16-12-14-21(15-13-16)20(22)19(17-8-4-2-5-9-17)18-10-6-3-7-11-18/h2-11,16,19H,12-15H2,1H3. The van der Waals surface area contributed by atoms with Crippen molar-refractivity contribution in [3.8, 4) is 0 Å². The fourth-order valence-electron chi connectivity index (χ4n) is 3.18. The molecule has 0 radical (unpaired) electrons. The number of carbonyl (C=O) groups is 1. The van der Waals surface area contributed by atoms with Gasteiger partial charge in [-0.15, -0.1) is 0 Å². The summed E-state index contributed by atoms with van der Waals surface area (Å²) in [6.07, 6.45) is 2.23. The fourth-order valence-corrected chi connectivity index (χ4v) is 3.18. The highest BCUT2D eigenvalue weighted by atomic mass is 16.2. The van der Waals surface area contributed by atoms with Gasteiger partial charge in [-0.3, -0.25) is 4.79 Å². The molecule has 2 heteroatoms. The van der Waals surface area contributed by atoms with Crippen LogP contribution in [0.5, 0.6) is 0 Å². The van der Waals surface area contributed by atoms with E-state index < -0.39 is 0 Å². The number of benzene rings is 2. The summed E-state index contributed by atoms with van der Waals surface area (Å²) >= 11 is 0. The molecule has 0 bridgehead atoms. The highest BCUT2D eigenvalue weighted by Gasteiger charge is 2.29. The Morgan fingerprint density at radius 1 is 0.909 bits per heavy atom. The maximum atomic E-state index is 13.1. The molecular formula is C20H23NO. The summed E-state index contributed by atoms with van der Waals surface area (Å²) in [5.41, 5.74) is 2.16. The van der Waals surface area contributed by atoms with Crippen LogP contribution in [0.1, 0.15) is 36.8 Å². The molecule has 2 aromatic carbocycles. The summed E-state index contributed by atoms with van der Waals surface area (Å²) in [4.78, 5) is 15.2. The average Bonchev–Trinajstić information content (AvgIpc) is 2.57. The van der Waals surface area contributed by atoms with Crippen LogP contribution in [0.15, 0.2) is 60.7 Å². The molecular weight excluding hydrogens is 270 g/mol. The number of rotatable bonds is 3. The van der Waals surface area contributed by atoms with Gasteiger partial charge in [0.05, 0.1) is 5.92 Å². The van der Waals surface area contributed by atoms with E-state index in [4.69, 9.17) is 0 Å². The van der Waals surface area contributed by atoms with Crippen molar-refractivity contribution in [3.05, 3.63) is 71.8 Å². The summed E-state index contributed by atoms with van der Waals surface area (Å²) in [5.74, 6) is 0.788. The van der Waals surface area contributed by atoms with Gasteiger partial charge < -0.3 is 4.90 Å². The molecule has 1 saturated heterocycles. The van der Waals surface area contributed by atoms with Gasteiger partial charge in [-0.2, -0.15) is 0 Å². The van der Waals surface area contributed by atoms with Gasteiger partial charge in [0, 0.05) is 13.1 Å². The van der Waals surface area contributed by atoms with Crippen molar-refractivity contribution in [2.75, 3.05) is 13.1 Å². The Morgan fingerprint density at radius 2 is 1.36 bits per heavy atom. The lowest BCUT2D eigenvalue weighted by Crippen LogP contribution is -2.41. The minimum absolute atomic E-state index is 0.184. The van der Waals surface area contributed by atoms with Gasteiger partial charge in [0.2, 0.25) is 5.91 Å². The van der Waals surface area contributed by atoms with Gasteiger partial charge in [-0.25, -0.2) is 0 Å². The average molecular weight is 293 g/mol. The van der Waals surface area contributed by atoms with Gasteiger partial charge in [0.15, 0.2) is 0 Å². The van der Waals surface area contributed by atoms with Crippen LogP contribution in [-0.2, 0) is 4.79 Å². The molecule has 0 spiro atoms. The largest absolute Gasteiger partial charge is 0.342 e. The third kappa shape index (κ3) is 3.22.